The second-order valence-corrected chi connectivity index (χ2v) is 5.90. The van der Waals surface area contributed by atoms with Crippen LogP contribution in [0.25, 0.3) is 0 Å². The molecule has 0 amide bonds. The lowest BCUT2D eigenvalue weighted by molar-refractivity contribution is -0.0684. The lowest BCUT2D eigenvalue weighted by Gasteiger charge is -2.35. The van der Waals surface area contributed by atoms with Gasteiger partial charge in [0.2, 0.25) is 0 Å². The van der Waals surface area contributed by atoms with Crippen molar-refractivity contribution in [2.75, 3.05) is 19.6 Å². The summed E-state index contributed by atoms with van der Waals surface area (Å²) < 4.78 is 5.73. The molecule has 0 spiro atoms. The maximum Gasteiger partial charge on any atom is 0.0678 e. The summed E-state index contributed by atoms with van der Waals surface area (Å²) in [7, 11) is 0. The predicted molar refractivity (Wildman–Crippen MR) is 79.4 cm³/mol. The number of rotatable bonds is 4. The number of nitrogens with two attached hydrogens (primary N) is 1. The minimum Gasteiger partial charge on any atom is -0.373 e. The summed E-state index contributed by atoms with van der Waals surface area (Å²) in [5, 5.41) is 0.756. The first-order valence-electron chi connectivity index (χ1n) is 6.93. The molecule has 106 valence electrons. The molecule has 2 N–H and O–H groups in total. The third-order valence-electron chi connectivity index (χ3n) is 3.55. The van der Waals surface area contributed by atoms with Gasteiger partial charge in [0, 0.05) is 30.7 Å². The fourth-order valence-electron chi connectivity index (χ4n) is 2.67. The van der Waals surface area contributed by atoms with Crippen LogP contribution in [0.1, 0.15) is 31.9 Å². The van der Waals surface area contributed by atoms with E-state index in [1.165, 1.54) is 0 Å². The predicted octanol–water partition coefficient (Wildman–Crippen LogP) is 2.84. The normalized spacial score (nSPS) is 26.3. The number of hydrogen-bond acceptors (Lipinski definition) is 3. The zero-order chi connectivity index (χ0) is 13.8. The Kier molecular flexibility index (Phi) is 5.22. The van der Waals surface area contributed by atoms with Gasteiger partial charge in [0.25, 0.3) is 0 Å². The van der Waals surface area contributed by atoms with Crippen molar-refractivity contribution in [1.82, 2.24) is 4.90 Å². The zero-order valence-electron chi connectivity index (χ0n) is 11.7. The van der Waals surface area contributed by atoms with E-state index in [1.807, 2.05) is 24.3 Å². The molecule has 0 radical (unpaired) electrons. The summed E-state index contributed by atoms with van der Waals surface area (Å²) in [6.07, 6.45) is 1.59. The summed E-state index contributed by atoms with van der Waals surface area (Å²) >= 11 is 5.88. The van der Waals surface area contributed by atoms with Crippen molar-refractivity contribution in [2.45, 2.75) is 38.5 Å². The lowest BCUT2D eigenvalue weighted by Crippen LogP contribution is -2.46. The molecular formula is C15H23ClN2O. The Labute approximate surface area is 120 Å². The Morgan fingerprint density at radius 3 is 2.42 bits per heavy atom. The van der Waals surface area contributed by atoms with E-state index in [-0.39, 0.29) is 6.04 Å². The van der Waals surface area contributed by atoms with Gasteiger partial charge in [0.15, 0.2) is 0 Å². The molecule has 0 aromatic heterocycles. The minimum absolute atomic E-state index is 0.0747. The van der Waals surface area contributed by atoms with Gasteiger partial charge in [-0.3, -0.25) is 4.90 Å². The molecule has 1 aromatic rings. The highest BCUT2D eigenvalue weighted by molar-refractivity contribution is 6.30. The van der Waals surface area contributed by atoms with Gasteiger partial charge < -0.3 is 10.5 Å². The molecule has 19 heavy (non-hydrogen) atoms. The minimum atomic E-state index is 0.0747. The molecular weight excluding hydrogens is 260 g/mol. The van der Waals surface area contributed by atoms with E-state index in [9.17, 15) is 0 Å². The maximum atomic E-state index is 6.23. The standard InChI is InChI=1S/C15H23ClN2O/c1-11-9-18(10-12(2)19-11)8-7-15(17)13-3-5-14(16)6-4-13/h3-6,11-12,15H,7-10,17H2,1-2H3. The highest BCUT2D eigenvalue weighted by Crippen LogP contribution is 2.19. The Bertz CT molecular complexity index is 386. The van der Waals surface area contributed by atoms with Crippen LogP contribution in [0.2, 0.25) is 5.02 Å². The van der Waals surface area contributed by atoms with Crippen LogP contribution in [0.3, 0.4) is 0 Å². The summed E-state index contributed by atoms with van der Waals surface area (Å²) in [4.78, 5) is 2.44. The van der Waals surface area contributed by atoms with Crippen molar-refractivity contribution in [3.05, 3.63) is 34.9 Å². The first-order valence-corrected chi connectivity index (χ1v) is 7.31. The molecule has 4 heteroatoms. The summed E-state index contributed by atoms with van der Waals surface area (Å²) in [5.74, 6) is 0. The fourth-order valence-corrected chi connectivity index (χ4v) is 2.79. The lowest BCUT2D eigenvalue weighted by atomic mass is 10.0. The van der Waals surface area contributed by atoms with E-state index in [2.05, 4.69) is 18.7 Å². The SMILES string of the molecule is CC1CN(CCC(N)c2ccc(Cl)cc2)CC(C)O1. The van der Waals surface area contributed by atoms with Gasteiger partial charge in [-0.2, -0.15) is 0 Å². The first-order chi connectivity index (χ1) is 9.04. The second kappa shape index (κ2) is 6.71. The average Bonchev–Trinajstić information content (AvgIpc) is 2.36. The number of halogens is 1. The van der Waals surface area contributed by atoms with E-state index in [1.54, 1.807) is 0 Å². The van der Waals surface area contributed by atoms with E-state index < -0.39 is 0 Å². The first kappa shape index (κ1) is 14.8. The van der Waals surface area contributed by atoms with Crippen molar-refractivity contribution < 1.29 is 4.74 Å². The van der Waals surface area contributed by atoms with Crippen LogP contribution in [0, 0.1) is 0 Å². The van der Waals surface area contributed by atoms with Crippen molar-refractivity contribution >= 4 is 11.6 Å². The Morgan fingerprint density at radius 1 is 1.26 bits per heavy atom. The van der Waals surface area contributed by atoms with Crippen LogP contribution in [0.15, 0.2) is 24.3 Å². The average molecular weight is 283 g/mol. The quantitative estimate of drug-likeness (QED) is 0.923. The largest absolute Gasteiger partial charge is 0.373 e. The van der Waals surface area contributed by atoms with Crippen LogP contribution in [-0.2, 0) is 4.74 Å². The van der Waals surface area contributed by atoms with Crippen molar-refractivity contribution in [2.24, 2.45) is 5.73 Å². The van der Waals surface area contributed by atoms with Crippen molar-refractivity contribution in [1.29, 1.82) is 0 Å². The van der Waals surface area contributed by atoms with Gasteiger partial charge in [-0.1, -0.05) is 23.7 Å². The molecule has 1 aliphatic rings. The molecule has 3 atom stereocenters. The van der Waals surface area contributed by atoms with Crippen molar-refractivity contribution in [3.8, 4) is 0 Å². The molecule has 3 nitrogen and oxygen atoms in total. The summed E-state index contributed by atoms with van der Waals surface area (Å²) in [6, 6.07) is 7.89. The molecule has 1 aromatic carbocycles. The van der Waals surface area contributed by atoms with Gasteiger partial charge in [-0.15, -0.1) is 0 Å². The highest BCUT2D eigenvalue weighted by atomic mass is 35.5. The topological polar surface area (TPSA) is 38.5 Å². The monoisotopic (exact) mass is 282 g/mol. The van der Waals surface area contributed by atoms with Gasteiger partial charge in [0.1, 0.15) is 0 Å². The van der Waals surface area contributed by atoms with Crippen LogP contribution < -0.4 is 5.73 Å². The number of nitrogens with zero attached hydrogens (tertiary/aromatic N) is 1. The molecule has 1 saturated heterocycles. The second-order valence-electron chi connectivity index (χ2n) is 5.46. The summed E-state index contributed by atoms with van der Waals surface area (Å²) in [6.45, 7) is 7.26. The van der Waals surface area contributed by atoms with Crippen LogP contribution in [0.5, 0.6) is 0 Å². The molecule has 0 aliphatic carbocycles. The Balaban J connectivity index is 1.83. The molecule has 2 rings (SSSR count). The Morgan fingerprint density at radius 2 is 1.84 bits per heavy atom. The Hall–Kier alpha value is -0.610. The third kappa shape index (κ3) is 4.46. The zero-order valence-corrected chi connectivity index (χ0v) is 12.4. The van der Waals surface area contributed by atoms with Gasteiger partial charge in [-0.05, 0) is 38.0 Å². The molecule has 0 saturated carbocycles. The number of morpholine rings is 1. The third-order valence-corrected chi connectivity index (χ3v) is 3.80. The highest BCUT2D eigenvalue weighted by Gasteiger charge is 2.22. The van der Waals surface area contributed by atoms with Gasteiger partial charge in [-0.25, -0.2) is 0 Å². The van der Waals surface area contributed by atoms with E-state index in [0.29, 0.717) is 12.2 Å². The van der Waals surface area contributed by atoms with Crippen LogP contribution in [-0.4, -0.2) is 36.7 Å². The van der Waals surface area contributed by atoms with E-state index in [4.69, 9.17) is 22.1 Å². The molecule has 1 fully saturated rings. The van der Waals surface area contributed by atoms with Gasteiger partial charge >= 0.3 is 0 Å². The van der Waals surface area contributed by atoms with Crippen molar-refractivity contribution in [3.63, 3.8) is 0 Å². The number of benzene rings is 1. The fraction of sp³-hybridized carbons (Fsp3) is 0.600. The summed E-state index contributed by atoms with van der Waals surface area (Å²) in [5.41, 5.74) is 7.38. The molecule has 1 heterocycles. The van der Waals surface area contributed by atoms with Crippen LogP contribution in [0.4, 0.5) is 0 Å². The number of ether oxygens (including phenoxy) is 1. The van der Waals surface area contributed by atoms with E-state index in [0.717, 1.165) is 36.6 Å². The molecule has 3 unspecified atom stereocenters. The van der Waals surface area contributed by atoms with Gasteiger partial charge in [0.05, 0.1) is 12.2 Å². The van der Waals surface area contributed by atoms with E-state index >= 15 is 0 Å². The number of hydrogen-bond donors (Lipinski definition) is 1. The van der Waals surface area contributed by atoms with Crippen LogP contribution >= 0.6 is 11.6 Å². The molecule has 1 aliphatic heterocycles. The maximum absolute atomic E-state index is 6.23. The smallest absolute Gasteiger partial charge is 0.0678 e. The molecule has 0 bridgehead atoms.